The first kappa shape index (κ1) is 12.3. The van der Waals surface area contributed by atoms with Gasteiger partial charge in [-0.1, -0.05) is 35.7 Å². The van der Waals surface area contributed by atoms with E-state index in [1.165, 1.54) is 11.8 Å². The summed E-state index contributed by atoms with van der Waals surface area (Å²) >= 11 is 3.10. The number of rotatable bonds is 5. The van der Waals surface area contributed by atoms with Crippen molar-refractivity contribution in [3.63, 3.8) is 0 Å². The van der Waals surface area contributed by atoms with Gasteiger partial charge in [0, 0.05) is 11.5 Å². The highest BCUT2D eigenvalue weighted by Gasteiger charge is 2.02. The van der Waals surface area contributed by atoms with Crippen LogP contribution in [0, 0.1) is 5.41 Å². The van der Waals surface area contributed by atoms with E-state index in [-0.39, 0.29) is 5.17 Å². The molecule has 1 heterocycles. The van der Waals surface area contributed by atoms with E-state index in [1.807, 2.05) is 24.3 Å². The summed E-state index contributed by atoms with van der Waals surface area (Å²) in [5, 5.41) is 8.23. The quantitative estimate of drug-likeness (QED) is 0.336. The maximum Gasteiger partial charge on any atom is 0.166 e. The van der Waals surface area contributed by atoms with Crippen LogP contribution in [0.5, 0.6) is 0 Å². The van der Waals surface area contributed by atoms with E-state index in [2.05, 4.69) is 9.97 Å². The Bertz CT molecular complexity index is 476. The Morgan fingerprint density at radius 3 is 2.94 bits per heavy atom. The van der Waals surface area contributed by atoms with Crippen molar-refractivity contribution >= 4 is 39.7 Å². The fourth-order valence-electron chi connectivity index (χ4n) is 1.41. The summed E-state index contributed by atoms with van der Waals surface area (Å²) in [4.78, 5) is 7.75. The smallest absolute Gasteiger partial charge is 0.166 e. The van der Waals surface area contributed by atoms with Crippen molar-refractivity contribution in [1.82, 2.24) is 9.97 Å². The minimum absolute atomic E-state index is 0.193. The fourth-order valence-corrected chi connectivity index (χ4v) is 2.93. The maximum atomic E-state index is 7.08. The van der Waals surface area contributed by atoms with Crippen LogP contribution in [0.4, 0.5) is 0 Å². The molecular weight excluding hydrogens is 252 g/mol. The molecule has 0 spiro atoms. The largest absolute Gasteiger partial charge is 0.379 e. The third kappa shape index (κ3) is 3.67. The van der Waals surface area contributed by atoms with E-state index >= 15 is 0 Å². The summed E-state index contributed by atoms with van der Waals surface area (Å²) in [5.74, 6) is 1.88. The van der Waals surface area contributed by atoms with E-state index in [4.69, 9.17) is 11.1 Å². The average molecular weight is 266 g/mol. The van der Waals surface area contributed by atoms with E-state index in [0.717, 1.165) is 34.1 Å². The van der Waals surface area contributed by atoms with Crippen molar-refractivity contribution in [3.8, 4) is 0 Å². The van der Waals surface area contributed by atoms with Gasteiger partial charge in [0.05, 0.1) is 11.0 Å². The molecule has 0 radical (unpaired) electrons. The number of para-hydroxylation sites is 2. The molecule has 17 heavy (non-hydrogen) atoms. The molecule has 2 aromatic rings. The number of aromatic amines is 1. The lowest BCUT2D eigenvalue weighted by Gasteiger charge is -1.97. The molecule has 6 heteroatoms. The number of nitrogens with one attached hydrogen (secondary N) is 2. The number of thioether (sulfide) groups is 2. The predicted octanol–water partition coefficient (Wildman–Crippen LogP) is 2.67. The fraction of sp³-hybridized carbons (Fsp3) is 0.273. The van der Waals surface area contributed by atoms with Crippen LogP contribution in [0.1, 0.15) is 6.42 Å². The van der Waals surface area contributed by atoms with Crippen molar-refractivity contribution in [3.05, 3.63) is 24.3 Å². The molecule has 1 aromatic carbocycles. The van der Waals surface area contributed by atoms with E-state index < -0.39 is 0 Å². The van der Waals surface area contributed by atoms with Gasteiger partial charge in [-0.2, -0.15) is 0 Å². The first-order chi connectivity index (χ1) is 8.25. The molecule has 4 nitrogen and oxygen atoms in total. The molecule has 0 saturated carbocycles. The second-order valence-electron chi connectivity index (χ2n) is 3.47. The van der Waals surface area contributed by atoms with Crippen molar-refractivity contribution in [2.24, 2.45) is 5.73 Å². The third-order valence-electron chi connectivity index (χ3n) is 2.15. The van der Waals surface area contributed by atoms with Crippen LogP contribution in [0.25, 0.3) is 11.0 Å². The lowest BCUT2D eigenvalue weighted by molar-refractivity contribution is 1.06. The minimum atomic E-state index is 0.193. The second-order valence-corrected chi connectivity index (χ2v) is 5.69. The molecule has 0 aliphatic carbocycles. The Kier molecular flexibility index (Phi) is 4.33. The highest BCUT2D eigenvalue weighted by molar-refractivity contribution is 8.13. The number of fused-ring (bicyclic) bond motifs is 1. The zero-order valence-electron chi connectivity index (χ0n) is 9.27. The Labute approximate surface area is 108 Å². The van der Waals surface area contributed by atoms with E-state index in [0.29, 0.717) is 0 Å². The molecule has 0 amide bonds. The van der Waals surface area contributed by atoms with Crippen LogP contribution in [0.2, 0.25) is 0 Å². The standard InChI is InChI=1S/C11H14N4S2/c12-10(13)16-6-3-7-17-11-14-8-4-1-2-5-9(8)15-11/h1-2,4-5H,3,6-7H2,(H3,12,13)(H,14,15). The van der Waals surface area contributed by atoms with Crippen LogP contribution in [-0.2, 0) is 0 Å². The van der Waals surface area contributed by atoms with Crippen molar-refractivity contribution in [1.29, 1.82) is 5.41 Å². The molecule has 0 saturated heterocycles. The number of nitrogens with zero attached hydrogens (tertiary/aromatic N) is 1. The molecule has 0 aliphatic heterocycles. The molecule has 0 unspecified atom stereocenters. The normalized spacial score (nSPS) is 10.8. The number of imidazole rings is 1. The lowest BCUT2D eigenvalue weighted by Crippen LogP contribution is -2.04. The van der Waals surface area contributed by atoms with Gasteiger partial charge in [0.15, 0.2) is 10.3 Å². The topological polar surface area (TPSA) is 78.6 Å². The lowest BCUT2D eigenvalue weighted by atomic mass is 10.3. The minimum Gasteiger partial charge on any atom is -0.379 e. The maximum absolute atomic E-state index is 7.08. The summed E-state index contributed by atoms with van der Waals surface area (Å²) in [6.45, 7) is 0. The number of hydrogen-bond donors (Lipinski definition) is 3. The van der Waals surface area contributed by atoms with Gasteiger partial charge in [0.25, 0.3) is 0 Å². The van der Waals surface area contributed by atoms with Crippen LogP contribution in [0.3, 0.4) is 0 Å². The van der Waals surface area contributed by atoms with Gasteiger partial charge in [-0.25, -0.2) is 4.98 Å². The molecular formula is C11H14N4S2. The molecule has 1 aromatic heterocycles. The number of aromatic nitrogens is 2. The Morgan fingerprint density at radius 2 is 2.18 bits per heavy atom. The molecule has 0 aliphatic rings. The number of benzene rings is 1. The van der Waals surface area contributed by atoms with Gasteiger partial charge >= 0.3 is 0 Å². The molecule has 0 atom stereocenters. The van der Waals surface area contributed by atoms with Crippen molar-refractivity contribution < 1.29 is 0 Å². The Morgan fingerprint density at radius 1 is 1.35 bits per heavy atom. The SMILES string of the molecule is N=C(N)SCCCSc1nc2ccccc2[nH]1. The Balaban J connectivity index is 1.81. The molecule has 4 N–H and O–H groups in total. The van der Waals surface area contributed by atoms with Gasteiger partial charge in [0.1, 0.15) is 0 Å². The third-order valence-corrected chi connectivity index (χ3v) is 3.92. The summed E-state index contributed by atoms with van der Waals surface area (Å²) in [7, 11) is 0. The average Bonchev–Trinajstić information content (AvgIpc) is 2.70. The van der Waals surface area contributed by atoms with Gasteiger partial charge < -0.3 is 10.7 Å². The summed E-state index contributed by atoms with van der Waals surface area (Å²) < 4.78 is 0. The highest BCUT2D eigenvalue weighted by atomic mass is 32.2. The van der Waals surface area contributed by atoms with Crippen molar-refractivity contribution in [2.45, 2.75) is 11.6 Å². The van der Waals surface area contributed by atoms with Gasteiger partial charge in [-0.3, -0.25) is 5.41 Å². The molecule has 0 fully saturated rings. The van der Waals surface area contributed by atoms with E-state index in [1.54, 1.807) is 11.8 Å². The van der Waals surface area contributed by atoms with E-state index in [9.17, 15) is 0 Å². The monoisotopic (exact) mass is 266 g/mol. The second kappa shape index (κ2) is 5.97. The van der Waals surface area contributed by atoms with Crippen molar-refractivity contribution in [2.75, 3.05) is 11.5 Å². The summed E-state index contributed by atoms with van der Waals surface area (Å²) in [5.41, 5.74) is 7.34. The molecule has 2 rings (SSSR count). The summed E-state index contributed by atoms with van der Waals surface area (Å²) in [6.07, 6.45) is 1.02. The number of H-pyrrole nitrogens is 1. The zero-order chi connectivity index (χ0) is 12.1. The van der Waals surface area contributed by atoms with Crippen LogP contribution < -0.4 is 5.73 Å². The zero-order valence-corrected chi connectivity index (χ0v) is 10.9. The first-order valence-corrected chi connectivity index (χ1v) is 7.27. The molecule has 0 bridgehead atoms. The predicted molar refractivity (Wildman–Crippen MR) is 75.8 cm³/mol. The number of amidine groups is 1. The van der Waals surface area contributed by atoms with Gasteiger partial charge in [0.2, 0.25) is 0 Å². The van der Waals surface area contributed by atoms with Crippen LogP contribution in [-0.4, -0.2) is 26.6 Å². The first-order valence-electron chi connectivity index (χ1n) is 5.30. The highest BCUT2D eigenvalue weighted by Crippen LogP contribution is 2.20. The van der Waals surface area contributed by atoms with Crippen LogP contribution in [0.15, 0.2) is 29.4 Å². The van der Waals surface area contributed by atoms with Gasteiger partial charge in [-0.05, 0) is 18.6 Å². The summed E-state index contributed by atoms with van der Waals surface area (Å²) in [6, 6.07) is 8.01. The Hall–Kier alpha value is -1.14. The number of nitrogens with two attached hydrogens (primary N) is 1. The van der Waals surface area contributed by atoms with Gasteiger partial charge in [-0.15, -0.1) is 0 Å². The van der Waals surface area contributed by atoms with Crippen LogP contribution >= 0.6 is 23.5 Å². The molecule has 90 valence electrons. The number of hydrogen-bond acceptors (Lipinski definition) is 4.